The van der Waals surface area contributed by atoms with Gasteiger partial charge in [-0.1, -0.05) is 0 Å². The van der Waals surface area contributed by atoms with E-state index in [4.69, 9.17) is 0 Å². The highest BCUT2D eigenvalue weighted by Crippen LogP contribution is 1.91. The fourth-order valence-electron chi connectivity index (χ4n) is 0.683. The first-order valence-electron chi connectivity index (χ1n) is 3.68. The van der Waals surface area contributed by atoms with E-state index in [1.54, 1.807) is 6.92 Å². The predicted octanol–water partition coefficient (Wildman–Crippen LogP) is 0.00250. The Morgan fingerprint density at radius 2 is 2.08 bits per heavy atom. The number of sulfonamides is 1. The Kier molecular flexibility index (Phi) is 4.47. The topological polar surface area (TPSA) is 72.5 Å². The fourth-order valence-corrected chi connectivity index (χ4v) is 1.33. The molecule has 0 aliphatic heterocycles. The molecule has 0 saturated carbocycles. The molecule has 0 unspecified atom stereocenters. The predicted molar refractivity (Wildman–Crippen MR) is 48.4 cm³/mol. The van der Waals surface area contributed by atoms with Crippen LogP contribution in [0.1, 0.15) is 13.8 Å². The lowest BCUT2D eigenvalue weighted by Crippen LogP contribution is -2.20. The molecular weight excluding hydrogens is 194 g/mol. The summed E-state index contributed by atoms with van der Waals surface area (Å²) in [5.41, 5.74) is 0.237. The van der Waals surface area contributed by atoms with Gasteiger partial charge in [0.1, 0.15) is 0 Å². The number of nitrogens with one attached hydrogen (secondary N) is 1. The van der Waals surface area contributed by atoms with Gasteiger partial charge in [0, 0.05) is 11.8 Å². The average molecular weight is 207 g/mol. The van der Waals surface area contributed by atoms with Gasteiger partial charge in [-0.25, -0.2) is 13.2 Å². The van der Waals surface area contributed by atoms with Crippen LogP contribution >= 0.6 is 0 Å². The second-order valence-electron chi connectivity index (χ2n) is 2.45. The Bertz CT molecular complexity index is 304. The molecule has 0 radical (unpaired) electrons. The lowest BCUT2D eigenvalue weighted by Gasteiger charge is -2.02. The van der Waals surface area contributed by atoms with E-state index in [0.717, 1.165) is 12.3 Å². The van der Waals surface area contributed by atoms with E-state index in [0.29, 0.717) is 0 Å². The molecule has 76 valence electrons. The Hall–Kier alpha value is -1.04. The van der Waals surface area contributed by atoms with Gasteiger partial charge < -0.3 is 4.74 Å². The number of rotatable bonds is 4. The zero-order chi connectivity index (χ0) is 10.5. The molecule has 0 aromatic heterocycles. The van der Waals surface area contributed by atoms with Crippen LogP contribution in [0.2, 0.25) is 0 Å². The highest BCUT2D eigenvalue weighted by atomic mass is 32.2. The lowest BCUT2D eigenvalue weighted by atomic mass is 10.4. The average Bonchev–Trinajstić information content (AvgIpc) is 1.81. The van der Waals surface area contributed by atoms with E-state index in [1.165, 1.54) is 6.92 Å². The maximum atomic E-state index is 10.8. The quantitative estimate of drug-likeness (QED) is 0.520. The molecule has 0 bridgehead atoms. The molecule has 0 heterocycles. The van der Waals surface area contributed by atoms with Crippen LogP contribution in [0.4, 0.5) is 0 Å². The summed E-state index contributed by atoms with van der Waals surface area (Å²) in [5, 5.41) is 0. The van der Waals surface area contributed by atoms with Gasteiger partial charge in [0.25, 0.3) is 0 Å². The first kappa shape index (κ1) is 12.0. The highest BCUT2D eigenvalue weighted by molar-refractivity contribution is 7.88. The largest absolute Gasteiger partial charge is 0.463 e. The molecule has 0 aromatic carbocycles. The summed E-state index contributed by atoms with van der Waals surface area (Å²) in [4.78, 5) is 10.8. The van der Waals surface area contributed by atoms with Crippen LogP contribution in [0.15, 0.2) is 11.8 Å². The third-order valence-electron chi connectivity index (χ3n) is 0.967. The molecule has 5 nitrogen and oxygen atoms in total. The van der Waals surface area contributed by atoms with E-state index >= 15 is 0 Å². The van der Waals surface area contributed by atoms with Crippen LogP contribution < -0.4 is 4.72 Å². The maximum Gasteiger partial charge on any atom is 0.332 e. The van der Waals surface area contributed by atoms with Gasteiger partial charge in [-0.15, -0.1) is 0 Å². The molecule has 0 aliphatic rings. The zero-order valence-electron chi connectivity index (χ0n) is 7.83. The molecule has 0 fully saturated rings. The first-order valence-corrected chi connectivity index (χ1v) is 5.57. The van der Waals surface area contributed by atoms with E-state index < -0.39 is 16.0 Å². The van der Waals surface area contributed by atoms with Crippen molar-refractivity contribution in [2.45, 2.75) is 13.8 Å². The number of allylic oxidation sites excluding steroid dienone is 1. The molecule has 0 rings (SSSR count). The van der Waals surface area contributed by atoms with Crippen molar-refractivity contribution in [2.75, 3.05) is 12.9 Å². The Balaban J connectivity index is 4.26. The number of carbonyl (C=O) groups is 1. The minimum Gasteiger partial charge on any atom is -0.463 e. The summed E-state index contributed by atoms with van der Waals surface area (Å²) < 4.78 is 28.1. The third-order valence-corrected chi connectivity index (χ3v) is 1.66. The minimum atomic E-state index is -3.31. The number of carbonyl (C=O) groups excluding carboxylic acids is 1. The summed E-state index contributed by atoms with van der Waals surface area (Å²) >= 11 is 0. The van der Waals surface area contributed by atoms with Crippen LogP contribution in [0.5, 0.6) is 0 Å². The Labute approximate surface area is 77.8 Å². The zero-order valence-corrected chi connectivity index (χ0v) is 8.64. The minimum absolute atomic E-state index is 0.237. The maximum absolute atomic E-state index is 10.8. The second kappa shape index (κ2) is 4.86. The summed E-state index contributed by atoms with van der Waals surface area (Å²) in [5.74, 6) is -0.559. The first-order chi connectivity index (χ1) is 5.85. The molecule has 0 amide bonds. The molecule has 13 heavy (non-hydrogen) atoms. The lowest BCUT2D eigenvalue weighted by molar-refractivity contribution is -0.137. The van der Waals surface area contributed by atoms with Gasteiger partial charge in [0.2, 0.25) is 10.0 Å². The normalized spacial score (nSPS) is 12.4. The fraction of sp³-hybridized carbons (Fsp3) is 0.571. The van der Waals surface area contributed by atoms with Crippen molar-refractivity contribution in [2.24, 2.45) is 0 Å². The number of hydrogen-bond donors (Lipinski definition) is 1. The number of ether oxygens (including phenoxy) is 1. The number of hydrogen-bond acceptors (Lipinski definition) is 4. The van der Waals surface area contributed by atoms with Crippen molar-refractivity contribution in [1.29, 1.82) is 0 Å². The van der Waals surface area contributed by atoms with Gasteiger partial charge in [0.05, 0.1) is 12.9 Å². The van der Waals surface area contributed by atoms with Crippen LogP contribution in [-0.2, 0) is 19.6 Å². The third kappa shape index (κ3) is 7.32. The van der Waals surface area contributed by atoms with Crippen LogP contribution in [-0.4, -0.2) is 27.2 Å². The number of esters is 1. The standard InChI is InChI=1S/C7H13NO4S/c1-4-12-7(9)5-6(2)8-13(3,10)11/h5,8H,4H2,1-3H3. The smallest absolute Gasteiger partial charge is 0.332 e. The monoisotopic (exact) mass is 207 g/mol. The van der Waals surface area contributed by atoms with Crippen molar-refractivity contribution in [3.8, 4) is 0 Å². The van der Waals surface area contributed by atoms with E-state index in [1.807, 2.05) is 0 Å². The van der Waals surface area contributed by atoms with Gasteiger partial charge in [-0.3, -0.25) is 4.72 Å². The van der Waals surface area contributed by atoms with Crippen LogP contribution in [0.25, 0.3) is 0 Å². The molecular formula is C7H13NO4S. The van der Waals surface area contributed by atoms with Gasteiger partial charge in [-0.2, -0.15) is 0 Å². The van der Waals surface area contributed by atoms with E-state index in [2.05, 4.69) is 9.46 Å². The van der Waals surface area contributed by atoms with E-state index in [-0.39, 0.29) is 12.3 Å². The molecule has 0 aliphatic carbocycles. The molecule has 6 heteroatoms. The van der Waals surface area contributed by atoms with Crippen molar-refractivity contribution >= 4 is 16.0 Å². The second-order valence-corrected chi connectivity index (χ2v) is 4.20. The van der Waals surface area contributed by atoms with Gasteiger partial charge in [-0.05, 0) is 13.8 Å². The summed E-state index contributed by atoms with van der Waals surface area (Å²) in [6.45, 7) is 3.41. The Morgan fingerprint density at radius 1 is 1.54 bits per heavy atom. The Morgan fingerprint density at radius 3 is 2.46 bits per heavy atom. The summed E-state index contributed by atoms with van der Waals surface area (Å²) in [6.07, 6.45) is 2.10. The molecule has 0 atom stereocenters. The van der Waals surface area contributed by atoms with Crippen molar-refractivity contribution in [3.63, 3.8) is 0 Å². The van der Waals surface area contributed by atoms with Crippen LogP contribution in [0, 0.1) is 0 Å². The van der Waals surface area contributed by atoms with Gasteiger partial charge in [0.15, 0.2) is 0 Å². The van der Waals surface area contributed by atoms with Crippen molar-refractivity contribution in [1.82, 2.24) is 4.72 Å². The van der Waals surface area contributed by atoms with Crippen molar-refractivity contribution in [3.05, 3.63) is 11.8 Å². The van der Waals surface area contributed by atoms with Crippen molar-refractivity contribution < 1.29 is 17.9 Å². The van der Waals surface area contributed by atoms with Crippen LogP contribution in [0.3, 0.4) is 0 Å². The SMILES string of the molecule is CCOC(=O)C=C(C)NS(C)(=O)=O. The van der Waals surface area contributed by atoms with E-state index in [9.17, 15) is 13.2 Å². The summed E-state index contributed by atoms with van der Waals surface area (Å²) in [6, 6.07) is 0. The molecule has 0 aromatic rings. The van der Waals surface area contributed by atoms with Gasteiger partial charge >= 0.3 is 5.97 Å². The molecule has 1 N–H and O–H groups in total. The summed E-state index contributed by atoms with van der Waals surface area (Å²) in [7, 11) is -3.31. The molecule has 0 saturated heterocycles. The highest BCUT2D eigenvalue weighted by Gasteiger charge is 2.02. The molecule has 0 spiro atoms.